The first kappa shape index (κ1) is 18.3. The highest BCUT2D eigenvalue weighted by Gasteiger charge is 2.31. The van der Waals surface area contributed by atoms with Gasteiger partial charge in [-0.15, -0.1) is 0 Å². The van der Waals surface area contributed by atoms with Crippen LogP contribution in [0, 0.1) is 0 Å². The Morgan fingerprint density at radius 2 is 2.00 bits per heavy atom. The Kier molecular flexibility index (Phi) is 5.80. The fraction of sp³-hybridized carbons (Fsp3) is 0.158. The summed E-state index contributed by atoms with van der Waals surface area (Å²) in [5, 5.41) is 8.71. The maximum Gasteiger partial charge on any atom is 0.303 e. The van der Waals surface area contributed by atoms with E-state index < -0.39 is 5.97 Å². The van der Waals surface area contributed by atoms with E-state index >= 15 is 0 Å². The molecule has 0 spiro atoms. The standard InChI is InChI=1S/C19H16N2O3S2/c22-17(23)5-3-11-21-18(24)16(26-19(21)25)12-13-6-8-14(9-7-13)15-4-1-2-10-20-15/h1-2,4,6-10,12H,3,5,11H2,(H,22,23)/b16-12-. The second-order valence-corrected chi connectivity index (χ2v) is 7.34. The summed E-state index contributed by atoms with van der Waals surface area (Å²) in [5.74, 6) is -1.04. The van der Waals surface area contributed by atoms with E-state index in [1.807, 2.05) is 42.5 Å². The van der Waals surface area contributed by atoms with E-state index in [1.54, 1.807) is 12.3 Å². The molecule has 1 N–H and O–H groups in total. The van der Waals surface area contributed by atoms with Gasteiger partial charge >= 0.3 is 5.97 Å². The number of hydrogen-bond acceptors (Lipinski definition) is 5. The molecular formula is C19H16N2O3S2. The van der Waals surface area contributed by atoms with Gasteiger partial charge in [0, 0.05) is 24.7 Å². The number of pyridine rings is 1. The molecule has 5 nitrogen and oxygen atoms in total. The van der Waals surface area contributed by atoms with Crippen LogP contribution in [0.4, 0.5) is 0 Å². The maximum absolute atomic E-state index is 12.5. The first-order valence-electron chi connectivity index (χ1n) is 8.03. The third-order valence-corrected chi connectivity index (χ3v) is 5.19. The van der Waals surface area contributed by atoms with Crippen LogP contribution in [0.25, 0.3) is 17.3 Å². The van der Waals surface area contributed by atoms with Gasteiger partial charge in [0.15, 0.2) is 0 Å². The summed E-state index contributed by atoms with van der Waals surface area (Å²) in [6, 6.07) is 13.5. The molecule has 7 heteroatoms. The SMILES string of the molecule is O=C(O)CCCN1C(=O)/C(=C/c2ccc(-c3ccccn3)cc2)SC1=S. The number of hydrogen-bond donors (Lipinski definition) is 1. The molecule has 1 amide bonds. The molecule has 0 unspecified atom stereocenters. The number of carbonyl (C=O) groups excluding carboxylic acids is 1. The number of carboxylic acid groups (broad SMARTS) is 1. The molecule has 2 heterocycles. The molecule has 1 fully saturated rings. The lowest BCUT2D eigenvalue weighted by Crippen LogP contribution is -2.29. The summed E-state index contributed by atoms with van der Waals surface area (Å²) >= 11 is 6.49. The Morgan fingerprint density at radius 3 is 2.65 bits per heavy atom. The highest BCUT2D eigenvalue weighted by Crippen LogP contribution is 2.33. The van der Waals surface area contributed by atoms with E-state index in [1.165, 1.54) is 16.7 Å². The molecule has 3 rings (SSSR count). The molecule has 1 aliphatic heterocycles. The Bertz CT molecular complexity index is 864. The minimum atomic E-state index is -0.876. The van der Waals surface area contributed by atoms with E-state index in [4.69, 9.17) is 17.3 Å². The number of rotatable bonds is 6. The Labute approximate surface area is 160 Å². The zero-order chi connectivity index (χ0) is 18.5. The van der Waals surface area contributed by atoms with E-state index in [9.17, 15) is 9.59 Å². The zero-order valence-corrected chi connectivity index (χ0v) is 15.4. The molecule has 1 aromatic carbocycles. The van der Waals surface area contributed by atoms with Gasteiger partial charge in [0.25, 0.3) is 5.91 Å². The van der Waals surface area contributed by atoms with Crippen LogP contribution < -0.4 is 0 Å². The van der Waals surface area contributed by atoms with Gasteiger partial charge in [-0.1, -0.05) is 54.3 Å². The van der Waals surface area contributed by atoms with Gasteiger partial charge in [-0.2, -0.15) is 0 Å². The molecule has 0 saturated carbocycles. The number of thiocarbonyl (C=S) groups is 1. The Balaban J connectivity index is 1.71. The number of nitrogens with zero attached hydrogens (tertiary/aromatic N) is 2. The van der Waals surface area contributed by atoms with Crippen molar-refractivity contribution in [1.82, 2.24) is 9.88 Å². The number of carbonyl (C=O) groups is 2. The number of carboxylic acids is 1. The van der Waals surface area contributed by atoms with Crippen LogP contribution in [0.1, 0.15) is 18.4 Å². The van der Waals surface area contributed by atoms with Crippen LogP contribution in [0.2, 0.25) is 0 Å². The van der Waals surface area contributed by atoms with Gasteiger partial charge in [0.2, 0.25) is 0 Å². The summed E-state index contributed by atoms with van der Waals surface area (Å²) in [5.41, 5.74) is 2.79. The lowest BCUT2D eigenvalue weighted by Gasteiger charge is -2.13. The molecule has 2 aromatic rings. The van der Waals surface area contributed by atoms with Crippen molar-refractivity contribution in [2.24, 2.45) is 0 Å². The smallest absolute Gasteiger partial charge is 0.303 e. The van der Waals surface area contributed by atoms with Crippen LogP contribution in [0.15, 0.2) is 53.6 Å². The number of aliphatic carboxylic acids is 1. The van der Waals surface area contributed by atoms with Crippen LogP contribution in [0.5, 0.6) is 0 Å². The van der Waals surface area contributed by atoms with Gasteiger partial charge in [0.1, 0.15) is 4.32 Å². The summed E-state index contributed by atoms with van der Waals surface area (Å²) < 4.78 is 0.469. The first-order chi connectivity index (χ1) is 12.5. The second kappa shape index (κ2) is 8.25. The van der Waals surface area contributed by atoms with E-state index in [-0.39, 0.29) is 12.3 Å². The van der Waals surface area contributed by atoms with Crippen molar-refractivity contribution in [3.05, 3.63) is 59.1 Å². The number of thioether (sulfide) groups is 1. The van der Waals surface area contributed by atoms with Gasteiger partial charge in [-0.3, -0.25) is 19.5 Å². The summed E-state index contributed by atoms with van der Waals surface area (Å²) in [7, 11) is 0. The monoisotopic (exact) mass is 384 g/mol. The van der Waals surface area contributed by atoms with Gasteiger partial charge in [-0.25, -0.2) is 0 Å². The van der Waals surface area contributed by atoms with E-state index in [0.717, 1.165) is 16.8 Å². The molecular weight excluding hydrogens is 368 g/mol. The minimum absolute atomic E-state index is 0.0189. The van der Waals surface area contributed by atoms with Crippen molar-refractivity contribution in [2.45, 2.75) is 12.8 Å². The lowest BCUT2D eigenvalue weighted by molar-refractivity contribution is -0.137. The van der Waals surface area contributed by atoms with Crippen LogP contribution in [-0.2, 0) is 9.59 Å². The van der Waals surface area contributed by atoms with Crippen molar-refractivity contribution < 1.29 is 14.7 Å². The van der Waals surface area contributed by atoms with Crippen molar-refractivity contribution in [1.29, 1.82) is 0 Å². The molecule has 0 aliphatic carbocycles. The average Bonchev–Trinajstić information content (AvgIpc) is 2.90. The summed E-state index contributed by atoms with van der Waals surface area (Å²) in [6.07, 6.45) is 3.95. The van der Waals surface area contributed by atoms with Crippen LogP contribution in [0.3, 0.4) is 0 Å². The molecule has 1 aliphatic rings. The molecule has 26 heavy (non-hydrogen) atoms. The van der Waals surface area contributed by atoms with Crippen molar-refractivity contribution in [3.8, 4) is 11.3 Å². The van der Waals surface area contributed by atoms with Gasteiger partial charge in [0.05, 0.1) is 10.6 Å². The van der Waals surface area contributed by atoms with Crippen LogP contribution >= 0.6 is 24.0 Å². The third kappa shape index (κ3) is 4.36. The normalized spacial score (nSPS) is 15.7. The third-order valence-electron chi connectivity index (χ3n) is 3.82. The average molecular weight is 384 g/mol. The fourth-order valence-electron chi connectivity index (χ4n) is 2.52. The van der Waals surface area contributed by atoms with E-state index in [2.05, 4.69) is 4.98 Å². The second-order valence-electron chi connectivity index (χ2n) is 5.67. The minimum Gasteiger partial charge on any atom is -0.481 e. The molecule has 132 valence electrons. The largest absolute Gasteiger partial charge is 0.481 e. The molecule has 1 saturated heterocycles. The lowest BCUT2D eigenvalue weighted by atomic mass is 10.1. The quantitative estimate of drug-likeness (QED) is 0.603. The van der Waals surface area contributed by atoms with Crippen molar-refractivity contribution in [2.75, 3.05) is 6.54 Å². The summed E-state index contributed by atoms with van der Waals surface area (Å²) in [6.45, 7) is 0.326. The van der Waals surface area contributed by atoms with Crippen molar-refractivity contribution in [3.63, 3.8) is 0 Å². The van der Waals surface area contributed by atoms with Gasteiger partial charge < -0.3 is 5.11 Å². The predicted molar refractivity (Wildman–Crippen MR) is 106 cm³/mol. The number of amides is 1. The molecule has 1 aromatic heterocycles. The number of benzene rings is 1. The highest BCUT2D eigenvalue weighted by atomic mass is 32.2. The Hall–Kier alpha value is -2.51. The van der Waals surface area contributed by atoms with Crippen LogP contribution in [-0.4, -0.2) is 37.7 Å². The molecule has 0 atom stereocenters. The Morgan fingerprint density at radius 1 is 1.23 bits per heavy atom. The van der Waals surface area contributed by atoms with E-state index in [0.29, 0.717) is 22.2 Å². The van der Waals surface area contributed by atoms with Gasteiger partial charge in [-0.05, 0) is 30.2 Å². The molecule has 0 bridgehead atoms. The molecule has 0 radical (unpaired) electrons. The number of aromatic nitrogens is 1. The van der Waals surface area contributed by atoms with Crippen molar-refractivity contribution >= 4 is 46.3 Å². The predicted octanol–water partition coefficient (Wildman–Crippen LogP) is 3.81. The maximum atomic E-state index is 12.5. The highest BCUT2D eigenvalue weighted by molar-refractivity contribution is 8.26. The first-order valence-corrected chi connectivity index (χ1v) is 9.26. The summed E-state index contributed by atoms with van der Waals surface area (Å²) in [4.78, 5) is 29.4. The topological polar surface area (TPSA) is 70.5 Å². The zero-order valence-electron chi connectivity index (χ0n) is 13.8. The fourth-order valence-corrected chi connectivity index (χ4v) is 3.82.